The summed E-state index contributed by atoms with van der Waals surface area (Å²) in [4.78, 5) is 0. The molecular weight excluding hydrogens is 244 g/mol. The van der Waals surface area contributed by atoms with E-state index in [1.54, 1.807) is 13.8 Å². The van der Waals surface area contributed by atoms with E-state index in [1.807, 2.05) is 0 Å². The minimum Gasteiger partial charge on any atom is -0.286 e. The molecule has 0 fully saturated rings. The summed E-state index contributed by atoms with van der Waals surface area (Å²) in [5.74, 6) is -0.891. The Hall–Kier alpha value is -0.180. The van der Waals surface area contributed by atoms with Gasteiger partial charge in [0.15, 0.2) is 0 Å². The first-order chi connectivity index (χ1) is 6.62. The second-order valence-electron chi connectivity index (χ2n) is 3.58. The molecule has 0 aromatic heterocycles. The number of hydrogen-bond donors (Lipinski definition) is 1. The molecule has 0 spiro atoms. The predicted octanol–water partition coefficient (Wildman–Crippen LogP) is 0.267. The fourth-order valence-electron chi connectivity index (χ4n) is 0.717. The van der Waals surface area contributed by atoms with Gasteiger partial charge < -0.3 is 0 Å². The molecule has 0 aliphatic rings. The molecule has 0 atom stereocenters. The van der Waals surface area contributed by atoms with Crippen LogP contribution in [0.1, 0.15) is 20.3 Å². The topological polar surface area (TPSA) is 97.7 Å². The second kappa shape index (κ2) is 5.78. The lowest BCUT2D eigenvalue weighted by Crippen LogP contribution is -2.16. The molecule has 15 heavy (non-hydrogen) atoms. The molecule has 6 nitrogen and oxygen atoms in total. The van der Waals surface area contributed by atoms with Crippen LogP contribution in [0.4, 0.5) is 0 Å². The molecule has 92 valence electrons. The monoisotopic (exact) mass is 260 g/mol. The fourth-order valence-corrected chi connectivity index (χ4v) is 2.50. The Balaban J connectivity index is 3.96. The number of hydrogen-bond acceptors (Lipinski definition) is 5. The van der Waals surface area contributed by atoms with E-state index in [9.17, 15) is 16.8 Å². The molecule has 8 heteroatoms. The summed E-state index contributed by atoms with van der Waals surface area (Å²) in [6, 6.07) is 0. The quantitative estimate of drug-likeness (QED) is 0.521. The number of rotatable bonds is 7. The van der Waals surface area contributed by atoms with Crippen molar-refractivity contribution < 1.29 is 25.6 Å². The van der Waals surface area contributed by atoms with Crippen molar-refractivity contribution in [2.75, 3.05) is 18.1 Å². The average molecular weight is 260 g/mol. The van der Waals surface area contributed by atoms with E-state index in [4.69, 9.17) is 4.55 Å². The maximum Gasteiger partial charge on any atom is 0.267 e. The van der Waals surface area contributed by atoms with Crippen molar-refractivity contribution in [1.82, 2.24) is 0 Å². The average Bonchev–Trinajstić information content (AvgIpc) is 1.98. The van der Waals surface area contributed by atoms with Gasteiger partial charge in [0.2, 0.25) is 0 Å². The van der Waals surface area contributed by atoms with E-state index < -0.39 is 31.7 Å². The summed E-state index contributed by atoms with van der Waals surface area (Å²) in [5.41, 5.74) is 0. The van der Waals surface area contributed by atoms with Gasteiger partial charge in [0.25, 0.3) is 20.2 Å². The van der Waals surface area contributed by atoms with Gasteiger partial charge in [-0.2, -0.15) is 16.8 Å². The molecular formula is C7H16O6S2. The molecule has 0 amide bonds. The molecule has 0 radical (unpaired) electrons. The molecule has 0 heterocycles. The lowest BCUT2D eigenvalue weighted by molar-refractivity contribution is 0.275. The zero-order valence-electron chi connectivity index (χ0n) is 8.71. The van der Waals surface area contributed by atoms with E-state index >= 15 is 0 Å². The predicted molar refractivity (Wildman–Crippen MR) is 55.6 cm³/mol. The normalized spacial score (nSPS) is 13.3. The Morgan fingerprint density at radius 3 is 2.07 bits per heavy atom. The first-order valence-corrected chi connectivity index (χ1v) is 7.63. The van der Waals surface area contributed by atoms with Crippen LogP contribution in [0.15, 0.2) is 0 Å². The molecule has 1 N–H and O–H groups in total. The highest BCUT2D eigenvalue weighted by Gasteiger charge is 2.14. The lowest BCUT2D eigenvalue weighted by atomic mass is 10.2. The van der Waals surface area contributed by atoms with Crippen LogP contribution >= 0.6 is 0 Å². The van der Waals surface area contributed by atoms with Crippen LogP contribution in [0.25, 0.3) is 0 Å². The van der Waals surface area contributed by atoms with E-state index in [-0.39, 0.29) is 18.9 Å². The SMILES string of the molecule is CC(C)COS(=O)(=O)CCCS(=O)(=O)O. The summed E-state index contributed by atoms with van der Waals surface area (Å²) in [5, 5.41) is 0. The minimum atomic E-state index is -4.10. The Bertz CT molecular complexity index is 366. The summed E-state index contributed by atoms with van der Waals surface area (Å²) in [6.45, 7) is 3.68. The lowest BCUT2D eigenvalue weighted by Gasteiger charge is -2.06. The Kier molecular flexibility index (Phi) is 5.71. The van der Waals surface area contributed by atoms with Gasteiger partial charge in [0.05, 0.1) is 18.1 Å². The van der Waals surface area contributed by atoms with Crippen molar-refractivity contribution in [2.45, 2.75) is 20.3 Å². The van der Waals surface area contributed by atoms with Crippen LogP contribution in [0.2, 0.25) is 0 Å². The van der Waals surface area contributed by atoms with Crippen LogP contribution in [0, 0.1) is 5.92 Å². The van der Waals surface area contributed by atoms with Crippen LogP contribution in [0.5, 0.6) is 0 Å². The third-order valence-electron chi connectivity index (χ3n) is 1.38. The standard InChI is InChI=1S/C7H16O6S2/c1-7(2)6-13-15(11,12)5-3-4-14(8,9)10/h7H,3-6H2,1-2H3,(H,8,9,10). The van der Waals surface area contributed by atoms with Crippen molar-refractivity contribution in [2.24, 2.45) is 5.92 Å². The van der Waals surface area contributed by atoms with Crippen molar-refractivity contribution in [3.05, 3.63) is 0 Å². The van der Waals surface area contributed by atoms with Crippen molar-refractivity contribution in [3.63, 3.8) is 0 Å². The summed E-state index contributed by atoms with van der Waals surface area (Å²) >= 11 is 0. The zero-order valence-corrected chi connectivity index (χ0v) is 10.3. The molecule has 0 unspecified atom stereocenters. The molecule has 0 saturated heterocycles. The van der Waals surface area contributed by atoms with Crippen LogP contribution in [-0.2, 0) is 24.4 Å². The van der Waals surface area contributed by atoms with E-state index in [0.717, 1.165) is 0 Å². The van der Waals surface area contributed by atoms with Crippen molar-refractivity contribution >= 4 is 20.2 Å². The highest BCUT2D eigenvalue weighted by atomic mass is 32.2. The van der Waals surface area contributed by atoms with E-state index in [2.05, 4.69) is 4.18 Å². The van der Waals surface area contributed by atoms with Gasteiger partial charge in [-0.05, 0) is 12.3 Å². The Morgan fingerprint density at radius 2 is 1.67 bits per heavy atom. The Labute approximate surface area is 90.5 Å². The summed E-state index contributed by atoms with van der Waals surface area (Å²) < 4.78 is 55.8. The molecule has 0 bridgehead atoms. The maximum atomic E-state index is 11.1. The van der Waals surface area contributed by atoms with Gasteiger partial charge >= 0.3 is 0 Å². The molecule has 0 rings (SSSR count). The van der Waals surface area contributed by atoms with Gasteiger partial charge in [0, 0.05) is 0 Å². The Morgan fingerprint density at radius 1 is 1.13 bits per heavy atom. The highest BCUT2D eigenvalue weighted by Crippen LogP contribution is 2.02. The molecule has 0 saturated carbocycles. The van der Waals surface area contributed by atoms with Gasteiger partial charge in [-0.25, -0.2) is 0 Å². The second-order valence-corrected chi connectivity index (χ2v) is 6.91. The molecule has 0 aliphatic carbocycles. The third kappa shape index (κ3) is 10.1. The van der Waals surface area contributed by atoms with Gasteiger partial charge in [-0.3, -0.25) is 8.74 Å². The summed E-state index contributed by atoms with van der Waals surface area (Å²) in [7, 11) is -7.77. The highest BCUT2D eigenvalue weighted by molar-refractivity contribution is 7.87. The molecule has 0 aliphatic heterocycles. The van der Waals surface area contributed by atoms with Crippen molar-refractivity contribution in [1.29, 1.82) is 0 Å². The third-order valence-corrected chi connectivity index (χ3v) is 3.47. The van der Waals surface area contributed by atoms with Gasteiger partial charge in [-0.15, -0.1) is 0 Å². The smallest absolute Gasteiger partial charge is 0.267 e. The minimum absolute atomic E-state index is 0.0776. The van der Waals surface area contributed by atoms with Gasteiger partial charge in [-0.1, -0.05) is 13.8 Å². The zero-order chi connectivity index (χ0) is 12.1. The first-order valence-electron chi connectivity index (χ1n) is 4.44. The van der Waals surface area contributed by atoms with Crippen LogP contribution in [0.3, 0.4) is 0 Å². The van der Waals surface area contributed by atoms with Crippen LogP contribution in [-0.4, -0.2) is 39.5 Å². The fraction of sp³-hybridized carbons (Fsp3) is 1.00. The largest absolute Gasteiger partial charge is 0.286 e. The summed E-state index contributed by atoms with van der Waals surface area (Å²) in [6.07, 6.45) is -0.167. The first kappa shape index (κ1) is 14.8. The maximum absolute atomic E-state index is 11.1. The van der Waals surface area contributed by atoms with E-state index in [0.29, 0.717) is 0 Å². The van der Waals surface area contributed by atoms with Crippen LogP contribution < -0.4 is 0 Å². The molecule has 0 aromatic rings. The van der Waals surface area contributed by atoms with Crippen molar-refractivity contribution in [3.8, 4) is 0 Å². The van der Waals surface area contributed by atoms with Gasteiger partial charge in [0.1, 0.15) is 0 Å². The van der Waals surface area contributed by atoms with E-state index in [1.165, 1.54) is 0 Å². The molecule has 0 aromatic carbocycles.